The number of nitrogens with zero attached hydrogens (tertiary/aromatic N) is 1. The molecule has 0 aromatic heterocycles. The first kappa shape index (κ1) is 22.1. The fourth-order valence-electron chi connectivity index (χ4n) is 4.44. The average molecular weight is 426 g/mol. The lowest BCUT2D eigenvalue weighted by atomic mass is 9.82. The van der Waals surface area contributed by atoms with Crippen LogP contribution >= 0.6 is 0 Å². The summed E-state index contributed by atoms with van der Waals surface area (Å²) < 4.78 is 40.7. The summed E-state index contributed by atoms with van der Waals surface area (Å²) in [6.07, 6.45) is -1.22. The van der Waals surface area contributed by atoms with E-state index in [1.807, 2.05) is 35.6 Å². The van der Waals surface area contributed by atoms with E-state index < -0.39 is 48.0 Å². The van der Waals surface area contributed by atoms with Crippen LogP contribution < -0.4 is 5.32 Å². The number of β-lactam (4-membered cyclic amide) rings is 1. The molecular formula is C21H25F3N2O4. The fourth-order valence-corrected chi connectivity index (χ4v) is 4.44. The molecule has 1 aromatic carbocycles. The van der Waals surface area contributed by atoms with Gasteiger partial charge in [-0.3, -0.25) is 4.79 Å². The standard InChI is InChI=1S/C21H25F3N2O4/c22-21(23,24)17(14-9-5-2-6-10-14)25-20(30)26-16(19(28)29)15(18(26)27)12-11-13-7-3-1-4-8-13/h1,3-4,7-8,14-17H,2,5-6,9-12H2,(H,25,30)(H,28,29)/t15-,16+,17+/m1/s1. The quantitative estimate of drug-likeness (QED) is 0.679. The monoisotopic (exact) mass is 426 g/mol. The van der Waals surface area contributed by atoms with Crippen LogP contribution in [-0.2, 0) is 16.0 Å². The number of carboxylic acid groups (broad SMARTS) is 1. The molecule has 1 saturated carbocycles. The van der Waals surface area contributed by atoms with Crippen molar-refractivity contribution in [3.8, 4) is 0 Å². The number of likely N-dealkylation sites (tertiary alicyclic amines) is 1. The number of carbonyl (C=O) groups is 3. The van der Waals surface area contributed by atoms with Gasteiger partial charge in [0, 0.05) is 0 Å². The minimum atomic E-state index is -4.67. The van der Waals surface area contributed by atoms with Crippen LogP contribution in [0.3, 0.4) is 0 Å². The van der Waals surface area contributed by atoms with Crippen LogP contribution in [0.2, 0.25) is 0 Å². The number of amides is 3. The number of carboxylic acids is 1. The van der Waals surface area contributed by atoms with Gasteiger partial charge in [0.2, 0.25) is 5.91 Å². The van der Waals surface area contributed by atoms with Crippen LogP contribution in [0.15, 0.2) is 30.3 Å². The summed E-state index contributed by atoms with van der Waals surface area (Å²) in [5.41, 5.74) is 0.909. The highest BCUT2D eigenvalue weighted by Gasteiger charge is 2.56. The predicted octanol–water partition coefficient (Wildman–Crippen LogP) is 3.75. The molecule has 9 heteroatoms. The number of rotatable bonds is 6. The van der Waals surface area contributed by atoms with E-state index in [0.29, 0.717) is 37.0 Å². The Labute approximate surface area is 172 Å². The number of hydrogen-bond donors (Lipinski definition) is 2. The Bertz CT molecular complexity index is 778. The topological polar surface area (TPSA) is 86.7 Å². The zero-order valence-electron chi connectivity index (χ0n) is 16.4. The van der Waals surface area contributed by atoms with Gasteiger partial charge in [0.1, 0.15) is 6.04 Å². The van der Waals surface area contributed by atoms with Crippen LogP contribution in [0.5, 0.6) is 0 Å². The maximum Gasteiger partial charge on any atom is 0.408 e. The van der Waals surface area contributed by atoms with Gasteiger partial charge < -0.3 is 10.4 Å². The summed E-state index contributed by atoms with van der Waals surface area (Å²) in [4.78, 5) is 37.1. The van der Waals surface area contributed by atoms with Gasteiger partial charge in [0.05, 0.1) is 5.92 Å². The first-order chi connectivity index (χ1) is 14.2. The van der Waals surface area contributed by atoms with Crippen molar-refractivity contribution in [2.24, 2.45) is 11.8 Å². The summed E-state index contributed by atoms with van der Waals surface area (Å²) in [5.74, 6) is -3.85. The van der Waals surface area contributed by atoms with Gasteiger partial charge in [0.15, 0.2) is 6.04 Å². The van der Waals surface area contributed by atoms with Crippen LogP contribution in [0, 0.1) is 11.8 Å². The van der Waals surface area contributed by atoms with Gasteiger partial charge in [-0.2, -0.15) is 13.2 Å². The number of aliphatic carboxylic acids is 1. The summed E-state index contributed by atoms with van der Waals surface area (Å²) in [5, 5.41) is 11.4. The number of alkyl halides is 3. The Hall–Kier alpha value is -2.58. The molecule has 3 rings (SSSR count). The molecule has 2 N–H and O–H groups in total. The van der Waals surface area contributed by atoms with Crippen LogP contribution in [0.25, 0.3) is 0 Å². The van der Waals surface area contributed by atoms with E-state index in [1.54, 1.807) is 0 Å². The Morgan fingerprint density at radius 1 is 1.13 bits per heavy atom. The Morgan fingerprint density at radius 2 is 1.77 bits per heavy atom. The van der Waals surface area contributed by atoms with Crippen molar-refractivity contribution in [3.05, 3.63) is 35.9 Å². The van der Waals surface area contributed by atoms with Gasteiger partial charge in [0.25, 0.3) is 0 Å². The maximum atomic E-state index is 13.6. The molecule has 1 aliphatic heterocycles. The van der Waals surface area contributed by atoms with Gasteiger partial charge >= 0.3 is 18.2 Å². The maximum absolute atomic E-state index is 13.6. The number of benzene rings is 1. The molecule has 2 aliphatic rings. The van der Waals surface area contributed by atoms with E-state index >= 15 is 0 Å². The third-order valence-electron chi connectivity index (χ3n) is 6.03. The third kappa shape index (κ3) is 4.76. The smallest absolute Gasteiger partial charge is 0.408 e. The minimum absolute atomic E-state index is 0.203. The van der Waals surface area contributed by atoms with E-state index in [9.17, 15) is 32.7 Å². The summed E-state index contributed by atoms with van der Waals surface area (Å²) in [6, 6.07) is 4.30. The molecule has 1 aliphatic carbocycles. The molecule has 1 saturated heterocycles. The number of halogens is 3. The highest BCUT2D eigenvalue weighted by atomic mass is 19.4. The third-order valence-corrected chi connectivity index (χ3v) is 6.03. The zero-order valence-corrected chi connectivity index (χ0v) is 16.4. The lowest BCUT2D eigenvalue weighted by Gasteiger charge is -2.44. The number of urea groups is 1. The second-order valence-electron chi connectivity index (χ2n) is 7.99. The molecule has 30 heavy (non-hydrogen) atoms. The van der Waals surface area contributed by atoms with E-state index in [2.05, 4.69) is 0 Å². The number of aryl methyl sites for hydroxylation is 1. The van der Waals surface area contributed by atoms with Crippen LogP contribution in [-0.4, -0.2) is 46.2 Å². The predicted molar refractivity (Wildman–Crippen MR) is 101 cm³/mol. The second-order valence-corrected chi connectivity index (χ2v) is 7.99. The van der Waals surface area contributed by atoms with Gasteiger partial charge in [-0.05, 0) is 37.2 Å². The largest absolute Gasteiger partial charge is 0.480 e. The molecule has 3 amide bonds. The fraction of sp³-hybridized carbons (Fsp3) is 0.571. The molecule has 1 aromatic rings. The molecule has 0 spiro atoms. The van der Waals surface area contributed by atoms with Crippen molar-refractivity contribution in [2.75, 3.05) is 0 Å². The number of nitrogens with one attached hydrogen (secondary N) is 1. The lowest BCUT2D eigenvalue weighted by Crippen LogP contribution is -2.69. The normalized spacial score (nSPS) is 23.6. The molecule has 3 atom stereocenters. The first-order valence-corrected chi connectivity index (χ1v) is 10.2. The van der Waals surface area contributed by atoms with Crippen molar-refractivity contribution in [1.82, 2.24) is 10.2 Å². The molecule has 1 heterocycles. The second kappa shape index (κ2) is 9.06. The molecule has 0 unspecified atom stereocenters. The molecule has 0 bridgehead atoms. The summed E-state index contributed by atoms with van der Waals surface area (Å²) >= 11 is 0. The van der Waals surface area contributed by atoms with Crippen LogP contribution in [0.1, 0.15) is 44.1 Å². The Kier molecular flexibility index (Phi) is 6.67. The van der Waals surface area contributed by atoms with E-state index in [1.165, 1.54) is 0 Å². The molecule has 164 valence electrons. The number of hydrogen-bond acceptors (Lipinski definition) is 3. The highest BCUT2D eigenvalue weighted by molar-refractivity contribution is 6.07. The van der Waals surface area contributed by atoms with Crippen molar-refractivity contribution >= 4 is 17.9 Å². The molecule has 2 fully saturated rings. The summed E-state index contributed by atoms with van der Waals surface area (Å²) in [6.45, 7) is 0. The van der Waals surface area contributed by atoms with E-state index in [0.717, 1.165) is 12.0 Å². The van der Waals surface area contributed by atoms with E-state index in [-0.39, 0.29) is 6.42 Å². The number of imide groups is 1. The number of carbonyl (C=O) groups excluding carboxylic acids is 2. The minimum Gasteiger partial charge on any atom is -0.480 e. The van der Waals surface area contributed by atoms with Crippen molar-refractivity contribution in [2.45, 2.75) is 63.2 Å². The van der Waals surface area contributed by atoms with Gasteiger partial charge in [-0.1, -0.05) is 49.6 Å². The average Bonchev–Trinajstić information content (AvgIpc) is 2.70. The van der Waals surface area contributed by atoms with Crippen molar-refractivity contribution in [1.29, 1.82) is 0 Å². The summed E-state index contributed by atoms with van der Waals surface area (Å²) in [7, 11) is 0. The highest BCUT2D eigenvalue weighted by Crippen LogP contribution is 2.36. The first-order valence-electron chi connectivity index (χ1n) is 10.2. The molecular weight excluding hydrogens is 401 g/mol. The van der Waals surface area contributed by atoms with Crippen molar-refractivity contribution in [3.63, 3.8) is 0 Å². The zero-order chi connectivity index (χ0) is 21.9. The van der Waals surface area contributed by atoms with Gasteiger partial charge in [-0.25, -0.2) is 14.5 Å². The SMILES string of the molecule is O=C(O)[C@@H]1[C@@H](CCc2ccccc2)C(=O)N1C(=O)N[C@@H](C1CCCCC1)C(F)(F)F. The van der Waals surface area contributed by atoms with Gasteiger partial charge in [-0.15, -0.1) is 0 Å². The Balaban J connectivity index is 1.68. The Morgan fingerprint density at radius 3 is 2.33 bits per heavy atom. The lowest BCUT2D eigenvalue weighted by molar-refractivity contribution is -0.173. The van der Waals surface area contributed by atoms with E-state index in [4.69, 9.17) is 0 Å². The molecule has 0 radical (unpaired) electrons. The molecule has 6 nitrogen and oxygen atoms in total. The van der Waals surface area contributed by atoms with Crippen LogP contribution in [0.4, 0.5) is 18.0 Å². The van der Waals surface area contributed by atoms with Crippen molar-refractivity contribution < 1.29 is 32.7 Å².